The van der Waals surface area contributed by atoms with Gasteiger partial charge in [-0.1, -0.05) is 13.8 Å². The molecule has 1 saturated carbocycles. The molecule has 4 nitrogen and oxygen atoms in total. The summed E-state index contributed by atoms with van der Waals surface area (Å²) in [6.45, 7) is 8.51. The van der Waals surface area contributed by atoms with Crippen molar-refractivity contribution in [3.05, 3.63) is 0 Å². The van der Waals surface area contributed by atoms with Gasteiger partial charge in [0.05, 0.1) is 12.7 Å². The van der Waals surface area contributed by atoms with Gasteiger partial charge in [-0.15, -0.1) is 0 Å². The molecule has 0 aromatic rings. The fraction of sp³-hybridized carbons (Fsp3) is 1.00. The van der Waals surface area contributed by atoms with Gasteiger partial charge in [0.15, 0.2) is 0 Å². The number of aliphatic hydroxyl groups excluding tert-OH is 1. The number of hydrogen-bond donors (Lipinski definition) is 2. The molecule has 0 radical (unpaired) electrons. The van der Waals surface area contributed by atoms with E-state index >= 15 is 0 Å². The molecule has 1 unspecified atom stereocenters. The van der Waals surface area contributed by atoms with Crippen LogP contribution >= 0.6 is 0 Å². The molecule has 0 spiro atoms. The van der Waals surface area contributed by atoms with Crippen LogP contribution in [0.5, 0.6) is 0 Å². The summed E-state index contributed by atoms with van der Waals surface area (Å²) in [5, 5.41) is 13.3. The molecule has 1 fully saturated rings. The Labute approximate surface area is 105 Å². The van der Waals surface area contributed by atoms with Crippen molar-refractivity contribution < 1.29 is 9.84 Å². The van der Waals surface area contributed by atoms with Crippen LogP contribution in [0.1, 0.15) is 26.7 Å². The lowest BCUT2D eigenvalue weighted by Gasteiger charge is -2.26. The van der Waals surface area contributed by atoms with E-state index in [4.69, 9.17) is 4.74 Å². The number of methoxy groups -OCH3 is 1. The Bertz CT molecular complexity index is 196. The van der Waals surface area contributed by atoms with Gasteiger partial charge in [-0.2, -0.15) is 0 Å². The molecule has 0 bridgehead atoms. The summed E-state index contributed by atoms with van der Waals surface area (Å²) in [5.74, 6) is 0.621. The molecule has 1 aliphatic rings. The average molecular weight is 244 g/mol. The van der Waals surface area contributed by atoms with Crippen molar-refractivity contribution in [2.75, 3.05) is 39.9 Å². The van der Waals surface area contributed by atoms with Gasteiger partial charge in [0.25, 0.3) is 0 Å². The first kappa shape index (κ1) is 14.9. The lowest BCUT2D eigenvalue weighted by Crippen LogP contribution is -2.41. The molecule has 1 aliphatic carbocycles. The molecular weight excluding hydrogens is 216 g/mol. The predicted molar refractivity (Wildman–Crippen MR) is 70.2 cm³/mol. The maximum absolute atomic E-state index is 9.96. The second-order valence-corrected chi connectivity index (χ2v) is 5.48. The molecule has 0 aliphatic heterocycles. The van der Waals surface area contributed by atoms with Crippen molar-refractivity contribution in [2.45, 2.75) is 38.8 Å². The molecule has 17 heavy (non-hydrogen) atoms. The molecule has 1 rings (SSSR count). The van der Waals surface area contributed by atoms with Crippen LogP contribution in [0.15, 0.2) is 0 Å². The van der Waals surface area contributed by atoms with Crippen molar-refractivity contribution in [2.24, 2.45) is 5.92 Å². The van der Waals surface area contributed by atoms with Gasteiger partial charge in [-0.25, -0.2) is 0 Å². The lowest BCUT2D eigenvalue weighted by atomic mass is 10.2. The smallest absolute Gasteiger partial charge is 0.0791 e. The Kier molecular flexibility index (Phi) is 7.04. The van der Waals surface area contributed by atoms with Gasteiger partial charge in [0.2, 0.25) is 0 Å². The zero-order chi connectivity index (χ0) is 12.7. The third-order valence-electron chi connectivity index (χ3n) is 2.92. The van der Waals surface area contributed by atoms with Gasteiger partial charge < -0.3 is 15.2 Å². The van der Waals surface area contributed by atoms with Crippen LogP contribution in [0.2, 0.25) is 0 Å². The first-order chi connectivity index (χ1) is 8.11. The van der Waals surface area contributed by atoms with E-state index < -0.39 is 0 Å². The maximum atomic E-state index is 9.96. The minimum atomic E-state index is -0.272. The summed E-state index contributed by atoms with van der Waals surface area (Å²) in [6.07, 6.45) is 2.27. The number of aliphatic hydroxyl groups is 1. The molecule has 0 aromatic heterocycles. The van der Waals surface area contributed by atoms with Crippen molar-refractivity contribution in [3.8, 4) is 0 Å². The number of nitrogens with zero attached hydrogens (tertiary/aromatic N) is 1. The molecule has 0 aromatic carbocycles. The highest BCUT2D eigenvalue weighted by Crippen LogP contribution is 2.18. The summed E-state index contributed by atoms with van der Waals surface area (Å²) in [6, 6.07) is 0.669. The number of hydrogen-bond acceptors (Lipinski definition) is 4. The minimum Gasteiger partial charge on any atom is -0.390 e. The van der Waals surface area contributed by atoms with Crippen molar-refractivity contribution in [3.63, 3.8) is 0 Å². The molecular formula is C13H28N2O2. The van der Waals surface area contributed by atoms with Gasteiger partial charge in [0.1, 0.15) is 0 Å². The van der Waals surface area contributed by atoms with Crippen molar-refractivity contribution in [1.82, 2.24) is 10.2 Å². The fourth-order valence-corrected chi connectivity index (χ4v) is 1.95. The van der Waals surface area contributed by atoms with Gasteiger partial charge in [0, 0.05) is 39.3 Å². The van der Waals surface area contributed by atoms with Gasteiger partial charge in [-0.3, -0.25) is 4.90 Å². The third-order valence-corrected chi connectivity index (χ3v) is 2.92. The molecule has 102 valence electrons. The van der Waals surface area contributed by atoms with Crippen LogP contribution in [-0.2, 0) is 4.74 Å². The largest absolute Gasteiger partial charge is 0.390 e. The van der Waals surface area contributed by atoms with Crippen LogP contribution in [0.4, 0.5) is 0 Å². The van der Waals surface area contributed by atoms with Crippen LogP contribution in [-0.4, -0.2) is 62.0 Å². The van der Waals surface area contributed by atoms with Crippen LogP contribution < -0.4 is 5.32 Å². The van der Waals surface area contributed by atoms with Crippen molar-refractivity contribution >= 4 is 0 Å². The Hall–Kier alpha value is -0.160. The highest BCUT2D eigenvalue weighted by Gasteiger charge is 2.22. The Morgan fingerprint density at radius 1 is 1.35 bits per heavy atom. The minimum absolute atomic E-state index is 0.272. The Morgan fingerprint density at radius 2 is 2.06 bits per heavy atom. The summed E-state index contributed by atoms with van der Waals surface area (Å²) >= 11 is 0. The molecule has 0 heterocycles. The zero-order valence-corrected chi connectivity index (χ0v) is 11.5. The van der Waals surface area contributed by atoms with Gasteiger partial charge >= 0.3 is 0 Å². The van der Waals surface area contributed by atoms with Crippen LogP contribution in [0.3, 0.4) is 0 Å². The highest BCUT2D eigenvalue weighted by atomic mass is 16.5. The van der Waals surface area contributed by atoms with Gasteiger partial charge in [-0.05, 0) is 18.8 Å². The van der Waals surface area contributed by atoms with E-state index in [1.807, 2.05) is 0 Å². The van der Waals surface area contributed by atoms with Crippen molar-refractivity contribution in [1.29, 1.82) is 0 Å². The number of nitrogens with one attached hydrogen (secondary N) is 1. The number of rotatable bonds is 10. The molecule has 1 atom stereocenters. The maximum Gasteiger partial charge on any atom is 0.0791 e. The lowest BCUT2D eigenvalue weighted by molar-refractivity contribution is 0.0819. The predicted octanol–water partition coefficient (Wildman–Crippen LogP) is 0.704. The topological polar surface area (TPSA) is 44.7 Å². The molecule has 2 N–H and O–H groups in total. The van der Waals surface area contributed by atoms with Crippen LogP contribution in [0, 0.1) is 5.92 Å². The zero-order valence-electron chi connectivity index (χ0n) is 11.5. The Morgan fingerprint density at radius 3 is 2.59 bits per heavy atom. The fourth-order valence-electron chi connectivity index (χ4n) is 1.95. The average Bonchev–Trinajstić information content (AvgIpc) is 3.06. The molecule has 0 amide bonds. The van der Waals surface area contributed by atoms with E-state index in [2.05, 4.69) is 24.1 Å². The van der Waals surface area contributed by atoms with E-state index in [1.54, 1.807) is 7.11 Å². The van der Waals surface area contributed by atoms with E-state index in [-0.39, 0.29) is 6.10 Å². The first-order valence-electron chi connectivity index (χ1n) is 6.74. The second kappa shape index (κ2) is 8.03. The highest BCUT2D eigenvalue weighted by molar-refractivity contribution is 4.82. The Balaban J connectivity index is 2.18. The van der Waals surface area contributed by atoms with E-state index in [9.17, 15) is 5.11 Å². The summed E-state index contributed by atoms with van der Waals surface area (Å²) in [5.41, 5.74) is 0. The van der Waals surface area contributed by atoms with E-state index in [0.717, 1.165) is 26.2 Å². The normalized spacial score (nSPS) is 18.0. The van der Waals surface area contributed by atoms with Crippen LogP contribution in [0.25, 0.3) is 0 Å². The van der Waals surface area contributed by atoms with E-state index in [0.29, 0.717) is 18.5 Å². The number of ether oxygens (including phenoxy) is 1. The summed E-state index contributed by atoms with van der Waals surface area (Å²) in [4.78, 5) is 2.29. The van der Waals surface area contributed by atoms with E-state index in [1.165, 1.54) is 12.8 Å². The molecule has 4 heteroatoms. The third kappa shape index (κ3) is 7.71. The summed E-state index contributed by atoms with van der Waals surface area (Å²) in [7, 11) is 1.72. The monoisotopic (exact) mass is 244 g/mol. The SMILES string of the molecule is COCCN(CC(C)C)CC(O)CNC1CC1. The quantitative estimate of drug-likeness (QED) is 0.594. The second-order valence-electron chi connectivity index (χ2n) is 5.48. The standard InChI is InChI=1S/C13H28N2O2/c1-11(2)9-15(6-7-17-3)10-13(16)8-14-12-4-5-12/h11-14,16H,4-10H2,1-3H3. The summed E-state index contributed by atoms with van der Waals surface area (Å²) < 4.78 is 5.10. The first-order valence-corrected chi connectivity index (χ1v) is 6.74. The molecule has 0 saturated heterocycles.